The fourth-order valence-corrected chi connectivity index (χ4v) is 8.55. The second kappa shape index (κ2) is 24.2. The zero-order valence-corrected chi connectivity index (χ0v) is 40.0. The Hall–Kier alpha value is -6.21. The van der Waals surface area contributed by atoms with Crippen molar-refractivity contribution in [2.45, 2.75) is 58.4 Å². The van der Waals surface area contributed by atoms with Crippen LogP contribution in [-0.2, 0) is 37.0 Å². The van der Waals surface area contributed by atoms with Crippen molar-refractivity contribution in [3.63, 3.8) is 0 Å². The summed E-state index contributed by atoms with van der Waals surface area (Å²) in [7, 11) is 6.07. The van der Waals surface area contributed by atoms with Gasteiger partial charge in [-0.25, -0.2) is 0 Å². The van der Waals surface area contributed by atoms with Crippen molar-refractivity contribution in [2.24, 2.45) is 4.99 Å². The number of hydrogen-bond acceptors (Lipinski definition) is 16. The molecule has 7 rings (SSSR count). The van der Waals surface area contributed by atoms with Crippen LogP contribution in [0, 0.1) is 0 Å². The van der Waals surface area contributed by atoms with Gasteiger partial charge in [0.25, 0.3) is 11.8 Å². The molecule has 0 bridgehead atoms. The van der Waals surface area contributed by atoms with E-state index in [-0.39, 0.29) is 56.1 Å². The fraction of sp³-hybridized carbons (Fsp3) is 0.500. The summed E-state index contributed by atoms with van der Waals surface area (Å²) in [5.41, 5.74) is 5.63. The molecular weight excluding hydrogens is 877 g/mol. The van der Waals surface area contributed by atoms with E-state index in [1.807, 2.05) is 29.9 Å². The van der Waals surface area contributed by atoms with Crippen molar-refractivity contribution in [1.82, 2.24) is 19.7 Å². The Morgan fingerprint density at radius 1 is 0.721 bits per heavy atom. The van der Waals surface area contributed by atoms with Crippen molar-refractivity contribution in [2.75, 3.05) is 113 Å². The third kappa shape index (κ3) is 12.5. The summed E-state index contributed by atoms with van der Waals surface area (Å²) in [6.07, 6.45) is 7.75. The number of nitrogens with zero attached hydrogens (tertiary/aromatic N) is 5. The summed E-state index contributed by atoms with van der Waals surface area (Å²) in [4.78, 5) is 55.0. The Labute approximate surface area is 398 Å². The number of fused-ring (bicyclic) bond motifs is 4. The van der Waals surface area contributed by atoms with Crippen LogP contribution in [0.4, 0.5) is 11.4 Å². The quantitative estimate of drug-likeness (QED) is 0.0662. The molecule has 2 saturated heterocycles. The Morgan fingerprint density at radius 3 is 2.04 bits per heavy atom. The van der Waals surface area contributed by atoms with Crippen molar-refractivity contribution < 1.29 is 57.0 Å². The number of aliphatic imine (C=N–C) groups is 1. The molecule has 0 radical (unpaired) electrons. The van der Waals surface area contributed by atoms with Crippen molar-refractivity contribution >= 4 is 35.4 Å². The molecule has 18 heteroatoms. The number of hydrogen-bond donors (Lipinski definition) is 1. The Kier molecular flexibility index (Phi) is 17.7. The van der Waals surface area contributed by atoms with E-state index in [9.17, 15) is 14.4 Å². The number of pyridine rings is 1. The molecule has 2 fully saturated rings. The van der Waals surface area contributed by atoms with E-state index >= 15 is 0 Å². The number of ether oxygens (including phenoxy) is 9. The van der Waals surface area contributed by atoms with Gasteiger partial charge in [0.15, 0.2) is 23.0 Å². The second-order valence-electron chi connectivity index (χ2n) is 16.7. The SMILES string of the molecule is C/C=C1\CC2CNc3cc(OCc4cc(OCCN(CCOCCOCCOC)CCC(=O)OC)cc(COc5cc6c(cc5OC)C(=O)N5C/C(=C/C)C[C@H]5C=N6)n4)c(OC)cc3C(=O)N2C1. The number of rotatable bonds is 24. The van der Waals surface area contributed by atoms with Crippen molar-refractivity contribution in [3.05, 3.63) is 82.2 Å². The van der Waals surface area contributed by atoms with Gasteiger partial charge in [-0.05, 0) is 38.8 Å². The van der Waals surface area contributed by atoms with Crippen LogP contribution < -0.4 is 29.0 Å². The van der Waals surface area contributed by atoms with E-state index in [0.717, 1.165) is 12.8 Å². The largest absolute Gasteiger partial charge is 0.493 e. The van der Waals surface area contributed by atoms with Crippen LogP contribution in [0.1, 0.15) is 65.2 Å². The highest BCUT2D eigenvalue weighted by Gasteiger charge is 2.37. The number of methoxy groups -OCH3 is 4. The molecule has 1 unspecified atom stereocenters. The van der Waals surface area contributed by atoms with Crippen LogP contribution in [-0.4, -0.2) is 163 Å². The molecule has 2 aromatic carbocycles. The summed E-state index contributed by atoms with van der Waals surface area (Å²) >= 11 is 0. The van der Waals surface area contributed by atoms with Crippen LogP contribution in [0.15, 0.2) is 64.7 Å². The number of aromatic nitrogens is 1. The predicted octanol–water partition coefficient (Wildman–Crippen LogP) is 5.64. The maximum atomic E-state index is 13.8. The number of nitrogens with one attached hydrogen (secondary N) is 1. The molecule has 1 N–H and O–H groups in total. The van der Waals surface area contributed by atoms with Crippen LogP contribution in [0.2, 0.25) is 0 Å². The van der Waals surface area contributed by atoms with Crippen LogP contribution in [0.5, 0.6) is 28.7 Å². The van der Waals surface area contributed by atoms with Gasteiger partial charge in [0, 0.05) is 76.9 Å². The molecular formula is C50H64N6O12. The maximum absolute atomic E-state index is 13.8. The predicted molar refractivity (Wildman–Crippen MR) is 254 cm³/mol. The summed E-state index contributed by atoms with van der Waals surface area (Å²) < 4.78 is 51.9. The molecule has 0 aliphatic carbocycles. The number of anilines is 1. The number of amides is 2. The lowest BCUT2D eigenvalue weighted by Gasteiger charge is -2.22. The van der Waals surface area contributed by atoms with E-state index in [1.54, 1.807) is 50.6 Å². The molecule has 0 saturated carbocycles. The van der Waals surface area contributed by atoms with Crippen LogP contribution >= 0.6 is 0 Å². The van der Waals surface area contributed by atoms with E-state index < -0.39 is 0 Å². The lowest BCUT2D eigenvalue weighted by Crippen LogP contribution is -2.36. The van der Waals surface area contributed by atoms with Gasteiger partial charge in [0.05, 0.1) is 107 Å². The molecule has 3 aromatic rings. The van der Waals surface area contributed by atoms with Crippen LogP contribution in [0.25, 0.3) is 0 Å². The summed E-state index contributed by atoms with van der Waals surface area (Å²) in [5.74, 6) is 1.66. The van der Waals surface area contributed by atoms with Gasteiger partial charge < -0.3 is 57.7 Å². The summed E-state index contributed by atoms with van der Waals surface area (Å²) in [6, 6.07) is 10.5. The average Bonchev–Trinajstić information content (AvgIpc) is 3.93. The molecule has 4 aliphatic heterocycles. The zero-order valence-electron chi connectivity index (χ0n) is 40.0. The first kappa shape index (κ1) is 49.7. The van der Waals surface area contributed by atoms with Gasteiger partial charge in [-0.1, -0.05) is 23.3 Å². The van der Waals surface area contributed by atoms with Gasteiger partial charge >= 0.3 is 5.97 Å². The molecule has 5 heterocycles. The zero-order chi connectivity index (χ0) is 48.0. The monoisotopic (exact) mass is 940 g/mol. The standard InChI is InChI=1S/C50H64N6O12/c1-7-33-19-37-27-51-42-25-46(44(61-4)23-40(42)49(58)55(37)29-33)67-31-35-21-39(66-14-12-54(10-9-48(57)63-6)11-13-64-17-18-65-16-15-60-3)22-36(53-35)32-68-47-26-43-41(24-45(47)62-5)50(59)56-30-34(8-2)20-38(56)28-52-43/h7-8,21-27,37-38,52H,9-20,28-32H2,1-6H3/b33-7+,34-8+/t37-,38?/m0/s1. The Morgan fingerprint density at radius 2 is 1.35 bits per heavy atom. The third-order valence-electron chi connectivity index (χ3n) is 12.4. The first-order valence-corrected chi connectivity index (χ1v) is 23.1. The topological polar surface area (TPSA) is 181 Å². The number of allylic oxidation sites excluding steroid dienone is 2. The Bertz CT molecular complexity index is 2350. The smallest absolute Gasteiger partial charge is 0.306 e. The minimum atomic E-state index is -0.309. The van der Waals surface area contributed by atoms with E-state index in [4.69, 9.17) is 52.6 Å². The second-order valence-corrected chi connectivity index (χ2v) is 16.7. The van der Waals surface area contributed by atoms with Crippen molar-refractivity contribution in [3.8, 4) is 28.7 Å². The van der Waals surface area contributed by atoms with Gasteiger partial charge in [-0.15, -0.1) is 0 Å². The minimum absolute atomic E-state index is 0.00892. The average molecular weight is 941 g/mol. The normalized spacial score (nSPS) is 18.5. The highest BCUT2D eigenvalue weighted by molar-refractivity contribution is 6.04. The number of carbonyl (C=O) groups is 3. The molecule has 1 aromatic heterocycles. The van der Waals surface area contributed by atoms with Gasteiger partial charge in [0.2, 0.25) is 0 Å². The molecule has 0 spiro atoms. The molecule has 18 nitrogen and oxygen atoms in total. The number of esters is 1. The molecule has 2 atom stereocenters. The molecule has 366 valence electrons. The highest BCUT2D eigenvalue weighted by atomic mass is 16.5. The lowest BCUT2D eigenvalue weighted by atomic mass is 10.1. The number of benzene rings is 2. The molecule has 68 heavy (non-hydrogen) atoms. The third-order valence-corrected chi connectivity index (χ3v) is 12.4. The summed E-state index contributed by atoms with van der Waals surface area (Å²) in [5, 5.41) is 3.47. The van der Waals surface area contributed by atoms with Crippen molar-refractivity contribution in [1.29, 1.82) is 0 Å². The minimum Gasteiger partial charge on any atom is -0.493 e. The molecule has 2 amide bonds. The number of carbonyl (C=O) groups excluding carboxylic acids is 3. The fourth-order valence-electron chi connectivity index (χ4n) is 8.55. The van der Waals surface area contributed by atoms with E-state index in [1.165, 1.54) is 25.4 Å². The van der Waals surface area contributed by atoms with Gasteiger partial charge in [0.1, 0.15) is 25.6 Å². The first-order chi connectivity index (χ1) is 33.1. The molecule has 4 aliphatic rings. The van der Waals surface area contributed by atoms with E-state index in [0.29, 0.717) is 135 Å². The maximum Gasteiger partial charge on any atom is 0.306 e. The summed E-state index contributed by atoms with van der Waals surface area (Å²) in [6.45, 7) is 9.88. The van der Waals surface area contributed by atoms with Gasteiger partial charge in [-0.2, -0.15) is 0 Å². The first-order valence-electron chi connectivity index (χ1n) is 23.1. The van der Waals surface area contributed by atoms with Gasteiger partial charge in [-0.3, -0.25) is 29.3 Å². The Balaban J connectivity index is 1.09. The highest BCUT2D eigenvalue weighted by Crippen LogP contribution is 2.40. The lowest BCUT2D eigenvalue weighted by molar-refractivity contribution is -0.141. The van der Waals surface area contributed by atoms with E-state index in [2.05, 4.69) is 22.4 Å². The van der Waals surface area contributed by atoms with Crippen LogP contribution in [0.3, 0.4) is 0 Å².